The van der Waals surface area contributed by atoms with Crippen LogP contribution in [0.2, 0.25) is 15.1 Å². The maximum absolute atomic E-state index is 12.4. The Kier molecular flexibility index (Phi) is 7.50. The van der Waals surface area contributed by atoms with E-state index in [9.17, 15) is 4.79 Å². The molecule has 5 nitrogen and oxygen atoms in total. The summed E-state index contributed by atoms with van der Waals surface area (Å²) in [5.74, 6) is 0.848. The highest BCUT2D eigenvalue weighted by atomic mass is 35.5. The van der Waals surface area contributed by atoms with Gasteiger partial charge in [-0.2, -0.15) is 0 Å². The standard InChI is InChI=1S/C24H17Cl3N2O3S/c1-31-21-10-14(6-9-20(21)32-13-15-7-8-16(25)12-18(15)27)11-22-23(30)29-24(33-22)28-19-5-3-2-4-17(19)26/h2-12H,13H2,1H3,(H,28,29,30)/b22-11-. The molecule has 168 valence electrons. The monoisotopic (exact) mass is 518 g/mol. The molecule has 0 unspecified atom stereocenters. The van der Waals surface area contributed by atoms with Crippen LogP contribution >= 0.6 is 46.6 Å². The van der Waals surface area contributed by atoms with Crippen LogP contribution in [0.1, 0.15) is 11.1 Å². The van der Waals surface area contributed by atoms with Crippen molar-refractivity contribution in [1.29, 1.82) is 0 Å². The van der Waals surface area contributed by atoms with Crippen molar-refractivity contribution in [3.63, 3.8) is 0 Å². The molecule has 0 atom stereocenters. The molecule has 4 rings (SSSR count). The highest BCUT2D eigenvalue weighted by Gasteiger charge is 2.24. The number of benzene rings is 3. The molecule has 1 amide bonds. The lowest BCUT2D eigenvalue weighted by Gasteiger charge is -2.12. The third-order valence-corrected chi connectivity index (χ3v) is 6.43. The van der Waals surface area contributed by atoms with Gasteiger partial charge in [0.2, 0.25) is 0 Å². The molecule has 0 aromatic heterocycles. The first-order valence-electron chi connectivity index (χ1n) is 9.72. The molecule has 1 heterocycles. The van der Waals surface area contributed by atoms with Gasteiger partial charge in [-0.15, -0.1) is 0 Å². The fraction of sp³-hybridized carbons (Fsp3) is 0.0833. The van der Waals surface area contributed by atoms with Gasteiger partial charge < -0.3 is 14.8 Å². The SMILES string of the molecule is COc1cc(/C=C2\SC(=Nc3ccccc3Cl)NC2=O)ccc1OCc1ccc(Cl)cc1Cl. The smallest absolute Gasteiger partial charge is 0.264 e. The number of amidine groups is 1. The normalized spacial score (nSPS) is 15.7. The maximum atomic E-state index is 12.4. The van der Waals surface area contributed by atoms with Crippen molar-refractivity contribution in [3.8, 4) is 11.5 Å². The largest absolute Gasteiger partial charge is 0.493 e. The van der Waals surface area contributed by atoms with E-state index in [0.717, 1.165) is 11.1 Å². The summed E-state index contributed by atoms with van der Waals surface area (Å²) in [6.07, 6.45) is 1.76. The Bertz CT molecular complexity index is 1280. The number of amides is 1. The van der Waals surface area contributed by atoms with Crippen molar-refractivity contribution >= 4 is 69.4 Å². The Hall–Kier alpha value is -2.64. The first kappa shape index (κ1) is 23.5. The summed E-state index contributed by atoms with van der Waals surface area (Å²) in [6, 6.07) is 17.8. The summed E-state index contributed by atoms with van der Waals surface area (Å²) in [6.45, 7) is 0.257. The van der Waals surface area contributed by atoms with Crippen molar-refractivity contribution in [2.75, 3.05) is 7.11 Å². The number of aliphatic imine (C=N–C) groups is 1. The second-order valence-corrected chi connectivity index (χ2v) is 9.15. The lowest BCUT2D eigenvalue weighted by Crippen LogP contribution is -2.19. The fourth-order valence-electron chi connectivity index (χ4n) is 2.97. The van der Waals surface area contributed by atoms with E-state index >= 15 is 0 Å². The summed E-state index contributed by atoms with van der Waals surface area (Å²) < 4.78 is 11.4. The molecule has 9 heteroatoms. The molecule has 0 radical (unpaired) electrons. The zero-order chi connectivity index (χ0) is 23.4. The average molecular weight is 520 g/mol. The van der Waals surface area contributed by atoms with E-state index in [2.05, 4.69) is 10.3 Å². The van der Waals surface area contributed by atoms with E-state index in [4.69, 9.17) is 44.3 Å². The topological polar surface area (TPSA) is 59.9 Å². The van der Waals surface area contributed by atoms with E-state index in [-0.39, 0.29) is 12.5 Å². The second-order valence-electron chi connectivity index (χ2n) is 6.87. The van der Waals surface area contributed by atoms with Crippen molar-refractivity contribution < 1.29 is 14.3 Å². The van der Waals surface area contributed by atoms with Crippen LogP contribution in [0.4, 0.5) is 5.69 Å². The summed E-state index contributed by atoms with van der Waals surface area (Å²) in [7, 11) is 1.56. The molecule has 0 bridgehead atoms. The number of carbonyl (C=O) groups excluding carboxylic acids is 1. The predicted octanol–water partition coefficient (Wildman–Crippen LogP) is 7.13. The molecule has 0 saturated carbocycles. The van der Waals surface area contributed by atoms with Crippen LogP contribution < -0.4 is 14.8 Å². The number of hydrogen-bond donors (Lipinski definition) is 1. The fourth-order valence-corrected chi connectivity index (χ4v) is 4.45. The molecule has 3 aromatic rings. The van der Waals surface area contributed by atoms with Crippen LogP contribution in [0, 0.1) is 0 Å². The van der Waals surface area contributed by atoms with Crippen molar-refractivity contribution in [3.05, 3.63) is 91.8 Å². The van der Waals surface area contributed by atoms with Crippen molar-refractivity contribution in [1.82, 2.24) is 5.32 Å². The van der Waals surface area contributed by atoms with E-state index in [1.54, 1.807) is 49.6 Å². The maximum Gasteiger partial charge on any atom is 0.264 e. The van der Waals surface area contributed by atoms with Crippen LogP contribution in [0.25, 0.3) is 6.08 Å². The summed E-state index contributed by atoms with van der Waals surface area (Å²) in [5, 5.41) is 4.82. The van der Waals surface area contributed by atoms with Gasteiger partial charge in [0.15, 0.2) is 16.7 Å². The van der Waals surface area contributed by atoms with Gasteiger partial charge in [-0.1, -0.05) is 59.1 Å². The molecule has 1 aliphatic heterocycles. The lowest BCUT2D eigenvalue weighted by molar-refractivity contribution is -0.115. The third-order valence-electron chi connectivity index (χ3n) is 4.61. The second kappa shape index (κ2) is 10.5. The molecule has 1 fully saturated rings. The molecule has 33 heavy (non-hydrogen) atoms. The molecule has 0 spiro atoms. The Balaban J connectivity index is 1.50. The molecule has 3 aromatic carbocycles. The van der Waals surface area contributed by atoms with E-state index in [0.29, 0.717) is 42.3 Å². The quantitative estimate of drug-likeness (QED) is 0.352. The third kappa shape index (κ3) is 5.84. The van der Waals surface area contributed by atoms with Gasteiger partial charge in [-0.25, -0.2) is 4.99 Å². The molecule has 1 aliphatic rings. The van der Waals surface area contributed by atoms with Gasteiger partial charge in [0.25, 0.3) is 5.91 Å². The van der Waals surface area contributed by atoms with Gasteiger partial charge >= 0.3 is 0 Å². The van der Waals surface area contributed by atoms with E-state index < -0.39 is 0 Å². The number of para-hydroxylation sites is 1. The van der Waals surface area contributed by atoms with E-state index in [1.807, 2.05) is 24.3 Å². The number of rotatable bonds is 6. The first-order valence-corrected chi connectivity index (χ1v) is 11.7. The summed E-state index contributed by atoms with van der Waals surface area (Å²) >= 11 is 19.5. The van der Waals surface area contributed by atoms with Crippen LogP contribution in [-0.2, 0) is 11.4 Å². The zero-order valence-electron chi connectivity index (χ0n) is 17.3. The Morgan fingerprint density at radius 2 is 1.82 bits per heavy atom. The van der Waals surface area contributed by atoms with Gasteiger partial charge in [0.05, 0.1) is 22.7 Å². The van der Waals surface area contributed by atoms with Crippen LogP contribution in [0.15, 0.2) is 70.6 Å². The van der Waals surface area contributed by atoms with Gasteiger partial charge in [0, 0.05) is 15.6 Å². The van der Waals surface area contributed by atoms with Crippen LogP contribution in [-0.4, -0.2) is 18.2 Å². The average Bonchev–Trinajstić information content (AvgIpc) is 3.13. The summed E-state index contributed by atoms with van der Waals surface area (Å²) in [4.78, 5) is 17.3. The van der Waals surface area contributed by atoms with Crippen LogP contribution in [0.3, 0.4) is 0 Å². The highest BCUT2D eigenvalue weighted by molar-refractivity contribution is 8.18. The summed E-state index contributed by atoms with van der Waals surface area (Å²) in [5.41, 5.74) is 2.17. The molecule has 1 saturated heterocycles. The number of halogens is 3. The van der Waals surface area contributed by atoms with E-state index in [1.165, 1.54) is 11.8 Å². The highest BCUT2D eigenvalue weighted by Crippen LogP contribution is 2.34. The minimum atomic E-state index is -0.234. The van der Waals surface area contributed by atoms with Crippen LogP contribution in [0.5, 0.6) is 11.5 Å². The molecule has 1 N–H and O–H groups in total. The zero-order valence-corrected chi connectivity index (χ0v) is 20.4. The lowest BCUT2D eigenvalue weighted by atomic mass is 10.2. The number of methoxy groups -OCH3 is 1. The van der Waals surface area contributed by atoms with Crippen molar-refractivity contribution in [2.24, 2.45) is 4.99 Å². The molecule has 0 aliphatic carbocycles. The number of hydrogen-bond acceptors (Lipinski definition) is 5. The minimum absolute atomic E-state index is 0.234. The van der Waals surface area contributed by atoms with Gasteiger partial charge in [-0.05, 0) is 59.8 Å². The van der Waals surface area contributed by atoms with Gasteiger partial charge in [-0.3, -0.25) is 4.79 Å². The number of nitrogens with zero attached hydrogens (tertiary/aromatic N) is 1. The Morgan fingerprint density at radius 1 is 1.00 bits per heavy atom. The minimum Gasteiger partial charge on any atom is -0.493 e. The molecular formula is C24H17Cl3N2O3S. The Morgan fingerprint density at radius 3 is 2.58 bits per heavy atom. The number of carbonyl (C=O) groups is 1. The van der Waals surface area contributed by atoms with Crippen molar-refractivity contribution in [2.45, 2.75) is 6.61 Å². The Labute approximate surface area is 210 Å². The predicted molar refractivity (Wildman–Crippen MR) is 136 cm³/mol. The van der Waals surface area contributed by atoms with Gasteiger partial charge in [0.1, 0.15) is 6.61 Å². The first-order chi connectivity index (χ1) is 15.9. The molecular weight excluding hydrogens is 503 g/mol. The number of ether oxygens (including phenoxy) is 2. The number of nitrogens with one attached hydrogen (secondary N) is 1. The number of thioether (sulfide) groups is 1.